The van der Waals surface area contributed by atoms with Crippen LogP contribution < -0.4 is 5.32 Å². The Balaban J connectivity index is 1.51. The largest absolute Gasteiger partial charge is 0.357 e. The van der Waals surface area contributed by atoms with Crippen molar-refractivity contribution in [2.45, 2.75) is 83.0 Å². The molecular formula is C31H41F2N3. The lowest BCUT2D eigenvalue weighted by Crippen LogP contribution is -2.51. The lowest BCUT2D eigenvalue weighted by atomic mass is 9.79. The fourth-order valence-electron chi connectivity index (χ4n) is 6.24. The lowest BCUT2D eigenvalue weighted by Gasteiger charge is -2.47. The molecule has 0 saturated heterocycles. The highest BCUT2D eigenvalue weighted by atomic mass is 19.1. The van der Waals surface area contributed by atoms with Gasteiger partial charge in [-0.05, 0) is 99.7 Å². The van der Waals surface area contributed by atoms with Crippen molar-refractivity contribution in [1.29, 1.82) is 0 Å². The molecule has 5 rings (SSSR count). The summed E-state index contributed by atoms with van der Waals surface area (Å²) in [6, 6.07) is 15.8. The maximum atomic E-state index is 15.6. The molecule has 0 radical (unpaired) electrons. The highest BCUT2D eigenvalue weighted by molar-refractivity contribution is 5.85. The number of fused-ring (bicyclic) bond motifs is 3. The molecule has 1 aliphatic heterocycles. The number of hydrogen-bond donors (Lipinski definition) is 2. The van der Waals surface area contributed by atoms with E-state index in [0.717, 1.165) is 45.2 Å². The molecule has 0 amide bonds. The molecule has 2 aliphatic rings. The van der Waals surface area contributed by atoms with Crippen LogP contribution in [0, 0.1) is 0 Å². The van der Waals surface area contributed by atoms with Crippen LogP contribution in [0.4, 0.5) is 8.78 Å². The number of para-hydroxylation sites is 1. The van der Waals surface area contributed by atoms with Gasteiger partial charge in [0.15, 0.2) is 0 Å². The van der Waals surface area contributed by atoms with Crippen molar-refractivity contribution in [3.05, 3.63) is 70.4 Å². The van der Waals surface area contributed by atoms with Crippen LogP contribution in [0.25, 0.3) is 10.9 Å². The first kappa shape index (κ1) is 25.4. The zero-order valence-corrected chi connectivity index (χ0v) is 21.9. The van der Waals surface area contributed by atoms with E-state index in [1.54, 1.807) is 0 Å². The molecule has 3 aromatic rings. The maximum Gasteiger partial charge on any atom is 0.123 e. The van der Waals surface area contributed by atoms with E-state index in [-0.39, 0.29) is 18.8 Å². The molecule has 1 saturated carbocycles. The Morgan fingerprint density at radius 2 is 1.92 bits per heavy atom. The van der Waals surface area contributed by atoms with Crippen molar-refractivity contribution in [3.63, 3.8) is 0 Å². The summed E-state index contributed by atoms with van der Waals surface area (Å²) in [6.45, 7) is 6.37. The second kappa shape index (κ2) is 11.0. The number of aromatic nitrogens is 1. The van der Waals surface area contributed by atoms with Crippen molar-refractivity contribution < 1.29 is 8.78 Å². The Hall–Kier alpha value is -2.24. The van der Waals surface area contributed by atoms with E-state index >= 15 is 4.39 Å². The summed E-state index contributed by atoms with van der Waals surface area (Å²) < 4.78 is 28.0. The van der Waals surface area contributed by atoms with Crippen LogP contribution in [-0.4, -0.2) is 47.9 Å². The van der Waals surface area contributed by atoms with E-state index in [2.05, 4.69) is 71.5 Å². The molecule has 1 fully saturated rings. The van der Waals surface area contributed by atoms with E-state index in [4.69, 9.17) is 0 Å². The Morgan fingerprint density at radius 3 is 2.67 bits per heavy atom. The van der Waals surface area contributed by atoms with E-state index < -0.39 is 5.67 Å². The molecule has 5 heteroatoms. The number of halogens is 2. The van der Waals surface area contributed by atoms with Crippen LogP contribution in [0.5, 0.6) is 0 Å². The molecule has 1 aliphatic carbocycles. The summed E-state index contributed by atoms with van der Waals surface area (Å²) in [5.41, 5.74) is 6.74. The lowest BCUT2D eigenvalue weighted by molar-refractivity contribution is -0.00720. The predicted molar refractivity (Wildman–Crippen MR) is 145 cm³/mol. The molecule has 1 aromatic heterocycles. The highest BCUT2D eigenvalue weighted by Gasteiger charge is 2.44. The van der Waals surface area contributed by atoms with Gasteiger partial charge in [0, 0.05) is 29.2 Å². The van der Waals surface area contributed by atoms with E-state index in [0.29, 0.717) is 25.8 Å². The summed E-state index contributed by atoms with van der Waals surface area (Å²) in [5.74, 6) is 0. The minimum absolute atomic E-state index is 0.0296. The predicted octanol–water partition coefficient (Wildman–Crippen LogP) is 6.84. The minimum Gasteiger partial charge on any atom is -0.357 e. The molecule has 2 N–H and O–H groups in total. The molecule has 0 spiro atoms. The summed E-state index contributed by atoms with van der Waals surface area (Å²) in [6.07, 6.45) is 6.83. The topological polar surface area (TPSA) is 31.1 Å². The fraction of sp³-hybridized carbons (Fsp3) is 0.548. The Bertz CT molecular complexity index is 1170. The molecule has 2 heterocycles. The smallest absolute Gasteiger partial charge is 0.123 e. The van der Waals surface area contributed by atoms with Crippen LogP contribution in [0.2, 0.25) is 0 Å². The van der Waals surface area contributed by atoms with Crippen molar-refractivity contribution in [1.82, 2.24) is 15.2 Å². The van der Waals surface area contributed by atoms with Crippen LogP contribution in [0.15, 0.2) is 42.5 Å². The van der Waals surface area contributed by atoms with Crippen LogP contribution in [0.1, 0.15) is 79.9 Å². The number of aromatic amines is 1. The van der Waals surface area contributed by atoms with E-state index in [9.17, 15) is 4.39 Å². The maximum absolute atomic E-state index is 15.6. The van der Waals surface area contributed by atoms with Gasteiger partial charge in [0.25, 0.3) is 0 Å². The van der Waals surface area contributed by atoms with Gasteiger partial charge in [-0.1, -0.05) is 43.3 Å². The fourth-order valence-corrected chi connectivity index (χ4v) is 6.24. The number of rotatable bonds is 11. The monoisotopic (exact) mass is 493 g/mol. The molecule has 1 unspecified atom stereocenters. The average molecular weight is 494 g/mol. The molecule has 2 aromatic carbocycles. The van der Waals surface area contributed by atoms with Gasteiger partial charge in [0.1, 0.15) is 5.67 Å². The zero-order valence-electron chi connectivity index (χ0n) is 21.9. The van der Waals surface area contributed by atoms with Gasteiger partial charge < -0.3 is 10.3 Å². The average Bonchev–Trinajstić information content (AvgIpc) is 3.23. The number of aryl methyl sites for hydroxylation is 2. The first-order valence-electron chi connectivity index (χ1n) is 14.0. The quantitative estimate of drug-likeness (QED) is 0.287. The normalized spacial score (nSPS) is 21.4. The van der Waals surface area contributed by atoms with Crippen molar-refractivity contribution in [2.24, 2.45) is 0 Å². The third-order valence-corrected chi connectivity index (χ3v) is 8.42. The third kappa shape index (κ3) is 5.10. The summed E-state index contributed by atoms with van der Waals surface area (Å²) in [7, 11) is 0. The Morgan fingerprint density at radius 1 is 1.11 bits per heavy atom. The third-order valence-electron chi connectivity index (χ3n) is 8.42. The Labute approximate surface area is 214 Å². The van der Waals surface area contributed by atoms with Gasteiger partial charge in [-0.25, -0.2) is 4.39 Å². The number of nitrogens with zero attached hydrogens (tertiary/aromatic N) is 1. The van der Waals surface area contributed by atoms with Crippen LogP contribution >= 0.6 is 0 Å². The minimum atomic E-state index is -1.06. The summed E-state index contributed by atoms with van der Waals surface area (Å²) >= 11 is 0. The Kier molecular flexibility index (Phi) is 7.78. The van der Waals surface area contributed by atoms with E-state index in [1.807, 2.05) is 0 Å². The molecule has 2 atom stereocenters. The van der Waals surface area contributed by atoms with Gasteiger partial charge in [-0.2, -0.15) is 0 Å². The summed E-state index contributed by atoms with van der Waals surface area (Å²) in [4.78, 5) is 6.23. The first-order valence-corrected chi connectivity index (χ1v) is 14.0. The van der Waals surface area contributed by atoms with E-state index in [1.165, 1.54) is 38.9 Å². The number of hydrogen-bond acceptors (Lipinski definition) is 2. The molecular weight excluding hydrogens is 452 g/mol. The van der Waals surface area contributed by atoms with Crippen molar-refractivity contribution in [2.75, 3.05) is 26.3 Å². The number of alkyl halides is 2. The summed E-state index contributed by atoms with van der Waals surface area (Å²) in [5, 5.41) is 4.64. The van der Waals surface area contributed by atoms with Crippen molar-refractivity contribution in [3.8, 4) is 0 Å². The van der Waals surface area contributed by atoms with Crippen molar-refractivity contribution >= 4 is 10.9 Å². The number of benzene rings is 2. The molecule has 194 valence electrons. The van der Waals surface area contributed by atoms with Gasteiger partial charge in [-0.3, -0.25) is 9.29 Å². The van der Waals surface area contributed by atoms with Gasteiger partial charge >= 0.3 is 0 Å². The standard InChI is InChI=1S/C31H41F2N3/c1-3-24-13-12-23(9-6-17-34-18-8-16-32)20-26(24)30-29-27(25-10-4-5-11-28(25)35-29)19-22(2)36(30)21-31(33)14-7-15-31/h4-5,10-13,20,22,30,34-35H,3,6-9,14-19,21H2,1-2H3/t22-,30?/m1/s1. The second-order valence-electron chi connectivity index (χ2n) is 11.0. The van der Waals surface area contributed by atoms with Gasteiger partial charge in [-0.15, -0.1) is 0 Å². The number of H-pyrrole nitrogens is 1. The molecule has 0 bridgehead atoms. The molecule has 3 nitrogen and oxygen atoms in total. The second-order valence-corrected chi connectivity index (χ2v) is 11.0. The zero-order chi connectivity index (χ0) is 25.1. The van der Waals surface area contributed by atoms with Crippen LogP contribution in [-0.2, 0) is 19.3 Å². The van der Waals surface area contributed by atoms with Crippen LogP contribution in [0.3, 0.4) is 0 Å². The SMILES string of the molecule is CCc1ccc(CCCNCCCF)cc1C1c2[nH]c3ccccc3c2C[C@@H](C)N1CC1(F)CCC1. The van der Waals surface area contributed by atoms with Gasteiger partial charge in [0.2, 0.25) is 0 Å². The first-order chi connectivity index (χ1) is 17.5. The molecule has 36 heavy (non-hydrogen) atoms. The highest BCUT2D eigenvalue weighted by Crippen LogP contribution is 2.45. The number of nitrogens with one attached hydrogen (secondary N) is 2. The van der Waals surface area contributed by atoms with Gasteiger partial charge in [0.05, 0.1) is 12.7 Å².